The number of thiophene rings is 1. The molecule has 2 aromatic heterocycles. The summed E-state index contributed by atoms with van der Waals surface area (Å²) in [5.74, 6) is 2.29. The van der Waals surface area contributed by atoms with Crippen LogP contribution in [0.2, 0.25) is 0 Å². The van der Waals surface area contributed by atoms with Gasteiger partial charge in [0.25, 0.3) is 0 Å². The molecule has 1 fully saturated rings. The van der Waals surface area contributed by atoms with Crippen LogP contribution in [0.25, 0.3) is 0 Å². The minimum atomic E-state index is -0.978. The van der Waals surface area contributed by atoms with Crippen LogP contribution < -0.4 is 10.6 Å². The number of halogens is 1. The van der Waals surface area contributed by atoms with E-state index in [1.165, 1.54) is 0 Å². The minimum Gasteiger partial charge on any atom is -0.384 e. The van der Waals surface area contributed by atoms with Crippen LogP contribution in [0.15, 0.2) is 21.8 Å². The molecule has 2 aromatic rings. The number of guanidine groups is 1. The number of morpholine rings is 1. The summed E-state index contributed by atoms with van der Waals surface area (Å²) in [6, 6.07) is 1.94. The standard InChI is InChI=1S/C19H31N7O2S.HI/c1-15-23-24-17(25(15)3)12-21-18(20-5-6-26-7-9-28-10-8-26)22-14-19(2,27)16-4-11-29-13-16;/h4,11,13,27H,5-10,12,14H2,1-3H3,(H2,20,21,22);1H. The maximum absolute atomic E-state index is 10.8. The van der Waals surface area contributed by atoms with Crippen LogP contribution in [0.5, 0.6) is 0 Å². The molecular formula is C19H32IN7O2S. The quantitative estimate of drug-likeness (QED) is 0.258. The molecule has 3 heterocycles. The molecule has 0 aromatic carbocycles. The van der Waals surface area contributed by atoms with Gasteiger partial charge < -0.3 is 25.0 Å². The van der Waals surface area contributed by atoms with Gasteiger partial charge >= 0.3 is 0 Å². The average Bonchev–Trinajstić information content (AvgIpc) is 3.37. The molecule has 30 heavy (non-hydrogen) atoms. The van der Waals surface area contributed by atoms with E-state index in [1.807, 2.05) is 35.4 Å². The Morgan fingerprint density at radius 3 is 2.73 bits per heavy atom. The zero-order chi connectivity index (χ0) is 20.7. The van der Waals surface area contributed by atoms with E-state index in [4.69, 9.17) is 4.74 Å². The molecule has 1 aliphatic rings. The third-order valence-electron chi connectivity index (χ3n) is 5.13. The van der Waals surface area contributed by atoms with Gasteiger partial charge in [-0.05, 0) is 36.2 Å². The normalized spacial score (nSPS) is 17.3. The van der Waals surface area contributed by atoms with Crippen LogP contribution in [0.1, 0.15) is 24.1 Å². The lowest BCUT2D eigenvalue weighted by Crippen LogP contribution is -2.47. The van der Waals surface area contributed by atoms with Crippen molar-refractivity contribution in [2.24, 2.45) is 12.0 Å². The Morgan fingerprint density at radius 1 is 1.33 bits per heavy atom. The van der Waals surface area contributed by atoms with E-state index in [0.717, 1.165) is 56.6 Å². The molecule has 0 spiro atoms. The van der Waals surface area contributed by atoms with E-state index in [9.17, 15) is 5.11 Å². The first-order valence-corrected chi connectivity index (χ1v) is 10.8. The summed E-state index contributed by atoms with van der Waals surface area (Å²) in [5.41, 5.74) is -0.0832. The van der Waals surface area contributed by atoms with Crippen LogP contribution >= 0.6 is 35.3 Å². The molecule has 1 saturated heterocycles. The van der Waals surface area contributed by atoms with Crippen LogP contribution in [0.3, 0.4) is 0 Å². The summed E-state index contributed by atoms with van der Waals surface area (Å²) in [5, 5.41) is 29.6. The topological polar surface area (TPSA) is 99.8 Å². The van der Waals surface area contributed by atoms with Gasteiger partial charge in [-0.2, -0.15) is 11.3 Å². The third-order valence-corrected chi connectivity index (χ3v) is 5.81. The van der Waals surface area contributed by atoms with E-state index in [1.54, 1.807) is 18.3 Å². The van der Waals surface area contributed by atoms with E-state index in [0.29, 0.717) is 19.0 Å². The number of rotatable bonds is 8. The summed E-state index contributed by atoms with van der Waals surface area (Å²) < 4.78 is 7.33. The first kappa shape index (κ1) is 25.0. The molecule has 0 bridgehead atoms. The molecule has 0 saturated carbocycles. The SMILES string of the molecule is Cc1nnc(CN=C(NCCN2CCOCC2)NCC(C)(O)c2ccsc2)n1C.I. The van der Waals surface area contributed by atoms with Crippen LogP contribution in [0, 0.1) is 6.92 Å². The summed E-state index contributed by atoms with van der Waals surface area (Å²) in [4.78, 5) is 7.02. The molecule has 0 aliphatic carbocycles. The lowest BCUT2D eigenvalue weighted by molar-refractivity contribution is 0.0388. The number of aliphatic hydroxyl groups is 1. The van der Waals surface area contributed by atoms with E-state index in [2.05, 4.69) is 30.7 Å². The second-order valence-electron chi connectivity index (χ2n) is 7.41. The highest BCUT2D eigenvalue weighted by Crippen LogP contribution is 2.21. The molecule has 9 nitrogen and oxygen atoms in total. The molecule has 1 atom stereocenters. The van der Waals surface area contributed by atoms with Crippen LogP contribution in [0.4, 0.5) is 0 Å². The van der Waals surface area contributed by atoms with Crippen molar-refractivity contribution in [3.05, 3.63) is 34.0 Å². The second kappa shape index (κ2) is 11.9. The molecule has 168 valence electrons. The molecule has 0 radical (unpaired) electrons. The van der Waals surface area contributed by atoms with Gasteiger partial charge in [0.2, 0.25) is 0 Å². The van der Waals surface area contributed by atoms with Crippen LogP contribution in [-0.4, -0.2) is 76.7 Å². The summed E-state index contributed by atoms with van der Waals surface area (Å²) in [6.45, 7) is 9.62. The number of aromatic nitrogens is 3. The highest BCUT2D eigenvalue weighted by molar-refractivity contribution is 14.0. The van der Waals surface area contributed by atoms with Gasteiger partial charge in [-0.1, -0.05) is 0 Å². The Balaban J connectivity index is 0.00000320. The Morgan fingerprint density at radius 2 is 2.10 bits per heavy atom. The third kappa shape index (κ3) is 7.15. The van der Waals surface area contributed by atoms with Crippen LogP contribution in [-0.2, 0) is 23.9 Å². The van der Waals surface area contributed by atoms with Crippen molar-refractivity contribution in [2.45, 2.75) is 26.0 Å². The maximum Gasteiger partial charge on any atom is 0.191 e. The molecule has 3 rings (SSSR count). The fraction of sp³-hybridized carbons (Fsp3) is 0.632. The molecule has 11 heteroatoms. The molecule has 3 N–H and O–H groups in total. The Labute approximate surface area is 199 Å². The lowest BCUT2D eigenvalue weighted by Gasteiger charge is -2.27. The number of hydrogen-bond acceptors (Lipinski definition) is 7. The first-order chi connectivity index (χ1) is 14.0. The Hall–Kier alpha value is -1.28. The van der Waals surface area contributed by atoms with Gasteiger partial charge in [-0.15, -0.1) is 34.2 Å². The molecule has 0 amide bonds. The number of aliphatic imine (C=N–C) groups is 1. The number of hydrogen-bond donors (Lipinski definition) is 3. The van der Waals surface area contributed by atoms with E-state index >= 15 is 0 Å². The highest BCUT2D eigenvalue weighted by Gasteiger charge is 2.24. The smallest absolute Gasteiger partial charge is 0.191 e. The number of nitrogens with one attached hydrogen (secondary N) is 2. The molecular weight excluding hydrogens is 517 g/mol. The Bertz CT molecular complexity index is 789. The van der Waals surface area contributed by atoms with Crippen molar-refractivity contribution < 1.29 is 9.84 Å². The monoisotopic (exact) mass is 549 g/mol. The summed E-state index contributed by atoms with van der Waals surface area (Å²) in [7, 11) is 1.93. The van der Waals surface area contributed by atoms with Crippen molar-refractivity contribution in [1.82, 2.24) is 30.3 Å². The van der Waals surface area contributed by atoms with Gasteiger partial charge in [0.1, 0.15) is 18.0 Å². The summed E-state index contributed by atoms with van der Waals surface area (Å²) >= 11 is 1.57. The predicted molar refractivity (Wildman–Crippen MR) is 129 cm³/mol. The van der Waals surface area contributed by atoms with Crippen molar-refractivity contribution in [2.75, 3.05) is 45.9 Å². The first-order valence-electron chi connectivity index (χ1n) is 9.88. The zero-order valence-electron chi connectivity index (χ0n) is 17.8. The minimum absolute atomic E-state index is 0. The largest absolute Gasteiger partial charge is 0.384 e. The van der Waals surface area contributed by atoms with Crippen molar-refractivity contribution >= 4 is 41.3 Å². The van der Waals surface area contributed by atoms with Gasteiger partial charge in [-0.3, -0.25) is 4.90 Å². The number of aryl methyl sites for hydroxylation is 1. The lowest BCUT2D eigenvalue weighted by atomic mass is 9.99. The average molecular weight is 549 g/mol. The van der Waals surface area contributed by atoms with Gasteiger partial charge in [0, 0.05) is 33.2 Å². The van der Waals surface area contributed by atoms with E-state index < -0.39 is 5.60 Å². The second-order valence-corrected chi connectivity index (χ2v) is 8.19. The number of nitrogens with zero attached hydrogens (tertiary/aromatic N) is 5. The summed E-state index contributed by atoms with van der Waals surface area (Å²) in [6.07, 6.45) is 0. The fourth-order valence-electron chi connectivity index (χ4n) is 3.00. The van der Waals surface area contributed by atoms with Gasteiger partial charge in [0.05, 0.1) is 19.8 Å². The Kier molecular flexibility index (Phi) is 9.94. The predicted octanol–water partition coefficient (Wildman–Crippen LogP) is 1.08. The number of ether oxygens (including phenoxy) is 1. The maximum atomic E-state index is 10.8. The zero-order valence-corrected chi connectivity index (χ0v) is 20.9. The van der Waals surface area contributed by atoms with E-state index in [-0.39, 0.29) is 24.0 Å². The fourth-order valence-corrected chi connectivity index (χ4v) is 3.78. The van der Waals surface area contributed by atoms with Crippen molar-refractivity contribution in [3.63, 3.8) is 0 Å². The van der Waals surface area contributed by atoms with Gasteiger partial charge in [0.15, 0.2) is 11.8 Å². The molecule has 1 unspecified atom stereocenters. The highest BCUT2D eigenvalue weighted by atomic mass is 127. The van der Waals surface area contributed by atoms with Crippen molar-refractivity contribution in [1.29, 1.82) is 0 Å². The van der Waals surface area contributed by atoms with Crippen molar-refractivity contribution in [3.8, 4) is 0 Å². The molecule has 1 aliphatic heterocycles. The van der Waals surface area contributed by atoms with Gasteiger partial charge in [-0.25, -0.2) is 4.99 Å².